The maximum Gasteiger partial charge on any atom is 0.416 e. The first-order valence-electron chi connectivity index (χ1n) is 11.8. The maximum atomic E-state index is 13.4. The van der Waals surface area contributed by atoms with Crippen LogP contribution in [0.15, 0.2) is 48.5 Å². The minimum Gasteiger partial charge on any atom is -0.395 e. The number of pyridine rings is 1. The molecule has 3 N–H and O–H groups in total. The third kappa shape index (κ3) is 6.94. The second-order valence-corrected chi connectivity index (χ2v) is 8.58. The second-order valence-electron chi connectivity index (χ2n) is 8.58. The van der Waals surface area contributed by atoms with E-state index in [4.69, 9.17) is 5.11 Å². The molecule has 6 nitrogen and oxygen atoms in total. The summed E-state index contributed by atoms with van der Waals surface area (Å²) in [5.74, 6) is -1.49. The zero-order chi connectivity index (χ0) is 29.0. The van der Waals surface area contributed by atoms with Crippen LogP contribution in [0.5, 0.6) is 0 Å². The molecule has 0 saturated heterocycles. The number of alkyl halides is 6. The summed E-state index contributed by atoms with van der Waals surface area (Å²) in [5, 5.41) is 14.2. The Labute approximate surface area is 220 Å². The Balaban J connectivity index is 2.32. The van der Waals surface area contributed by atoms with E-state index in [9.17, 15) is 35.9 Å². The Bertz CT molecular complexity index is 1320. The first-order valence-corrected chi connectivity index (χ1v) is 11.8. The van der Waals surface area contributed by atoms with E-state index in [2.05, 4.69) is 15.6 Å². The topological polar surface area (TPSA) is 91.3 Å². The van der Waals surface area contributed by atoms with Crippen molar-refractivity contribution in [1.29, 1.82) is 0 Å². The van der Waals surface area contributed by atoms with E-state index in [1.54, 1.807) is 37.3 Å². The number of nitrogens with zero attached hydrogens (tertiary/aromatic N) is 1. The molecule has 0 aliphatic rings. The van der Waals surface area contributed by atoms with Gasteiger partial charge in [-0.05, 0) is 48.7 Å². The van der Waals surface area contributed by atoms with E-state index in [0.717, 1.165) is 0 Å². The Morgan fingerprint density at radius 3 is 2.00 bits per heavy atom. The summed E-state index contributed by atoms with van der Waals surface area (Å²) in [6.45, 7) is 2.79. The average molecular weight is 554 g/mol. The van der Waals surface area contributed by atoms with Gasteiger partial charge in [0.2, 0.25) is 0 Å². The van der Waals surface area contributed by atoms with Crippen molar-refractivity contribution in [2.75, 3.05) is 19.7 Å². The quantitative estimate of drug-likeness (QED) is 0.337. The molecule has 12 heteroatoms. The van der Waals surface area contributed by atoms with Crippen LogP contribution in [0.4, 0.5) is 26.3 Å². The van der Waals surface area contributed by atoms with Gasteiger partial charge in [0, 0.05) is 30.8 Å². The normalized spacial score (nSPS) is 11.8. The van der Waals surface area contributed by atoms with E-state index < -0.39 is 41.7 Å². The minimum absolute atomic E-state index is 0.0151. The highest BCUT2D eigenvalue weighted by atomic mass is 19.4. The van der Waals surface area contributed by atoms with Gasteiger partial charge in [0.1, 0.15) is 5.69 Å². The molecule has 0 fully saturated rings. The number of aliphatic hydroxyl groups is 1. The third-order valence-corrected chi connectivity index (χ3v) is 5.80. The Kier molecular flexibility index (Phi) is 9.00. The molecule has 0 unspecified atom stereocenters. The van der Waals surface area contributed by atoms with Crippen LogP contribution in [-0.4, -0.2) is 41.6 Å². The first kappa shape index (κ1) is 29.6. The lowest BCUT2D eigenvalue weighted by atomic mass is 9.90. The molecule has 3 aromatic rings. The van der Waals surface area contributed by atoms with Gasteiger partial charge in [-0.2, -0.15) is 26.3 Å². The molecule has 0 aliphatic heterocycles. The van der Waals surface area contributed by atoms with Crippen LogP contribution in [0.2, 0.25) is 0 Å². The molecular weight excluding hydrogens is 528 g/mol. The van der Waals surface area contributed by atoms with Crippen molar-refractivity contribution >= 4 is 11.8 Å². The fourth-order valence-corrected chi connectivity index (χ4v) is 4.06. The molecule has 1 aromatic heterocycles. The van der Waals surface area contributed by atoms with Gasteiger partial charge in [-0.3, -0.25) is 9.59 Å². The number of carbonyl (C=O) groups is 2. The SMILES string of the molecule is CCNC(=O)c1nc(Cc2cc(C(F)(F)F)cc(C(F)(F)F)c2)c(C)c(-c2ccccc2)c1C(=O)NCCO. The zero-order valence-electron chi connectivity index (χ0n) is 20.9. The number of amides is 2. The van der Waals surface area contributed by atoms with Gasteiger partial charge in [-0.1, -0.05) is 30.3 Å². The van der Waals surface area contributed by atoms with E-state index in [1.807, 2.05) is 0 Å². The summed E-state index contributed by atoms with van der Waals surface area (Å²) in [6, 6.07) is 9.56. The summed E-state index contributed by atoms with van der Waals surface area (Å²) in [6.07, 6.45) is -10.5. The van der Waals surface area contributed by atoms with Crippen LogP contribution in [0.3, 0.4) is 0 Å². The highest BCUT2D eigenvalue weighted by Crippen LogP contribution is 2.38. The molecule has 1 heterocycles. The molecule has 0 bridgehead atoms. The molecule has 39 heavy (non-hydrogen) atoms. The van der Waals surface area contributed by atoms with Crippen LogP contribution < -0.4 is 10.6 Å². The van der Waals surface area contributed by atoms with E-state index in [-0.39, 0.29) is 59.4 Å². The minimum atomic E-state index is -5.03. The molecular formula is C27H25F6N3O3. The van der Waals surface area contributed by atoms with Crippen molar-refractivity contribution < 1.29 is 41.0 Å². The van der Waals surface area contributed by atoms with Crippen molar-refractivity contribution in [3.63, 3.8) is 0 Å². The predicted octanol–water partition coefficient (Wildman–Crippen LogP) is 5.16. The standard InChI is InChI=1S/C27H25F6N3O3/c1-3-34-25(39)23-22(24(38)35-9-10-37)21(17-7-5-4-6-8-17)15(2)20(36-23)13-16-11-18(26(28,29)30)14-19(12-16)27(31,32)33/h4-8,11-12,14,37H,3,9-10,13H2,1-2H3,(H,34,39)(H,35,38). The molecule has 0 spiro atoms. The Morgan fingerprint density at radius 2 is 1.49 bits per heavy atom. The van der Waals surface area contributed by atoms with Crippen LogP contribution in [0, 0.1) is 6.92 Å². The predicted molar refractivity (Wildman–Crippen MR) is 131 cm³/mol. The summed E-state index contributed by atoms with van der Waals surface area (Å²) in [4.78, 5) is 30.5. The zero-order valence-corrected chi connectivity index (χ0v) is 20.9. The number of benzene rings is 2. The van der Waals surface area contributed by atoms with Gasteiger partial charge < -0.3 is 15.7 Å². The lowest BCUT2D eigenvalue weighted by molar-refractivity contribution is -0.143. The van der Waals surface area contributed by atoms with Crippen LogP contribution in [0.1, 0.15) is 55.7 Å². The smallest absolute Gasteiger partial charge is 0.395 e. The summed E-state index contributed by atoms with van der Waals surface area (Å²) >= 11 is 0. The van der Waals surface area contributed by atoms with Crippen LogP contribution in [0.25, 0.3) is 11.1 Å². The summed E-state index contributed by atoms with van der Waals surface area (Å²) < 4.78 is 80.6. The van der Waals surface area contributed by atoms with Crippen molar-refractivity contribution in [3.8, 4) is 11.1 Å². The average Bonchev–Trinajstić information content (AvgIpc) is 2.87. The lowest BCUT2D eigenvalue weighted by Crippen LogP contribution is -2.33. The first-order chi connectivity index (χ1) is 18.3. The monoisotopic (exact) mass is 553 g/mol. The number of aliphatic hydroxyl groups excluding tert-OH is 1. The Hall–Kier alpha value is -3.93. The highest BCUT2D eigenvalue weighted by molar-refractivity contribution is 6.10. The second kappa shape index (κ2) is 11.9. The van der Waals surface area contributed by atoms with E-state index in [1.165, 1.54) is 6.92 Å². The van der Waals surface area contributed by atoms with Gasteiger partial charge in [-0.15, -0.1) is 0 Å². The fraction of sp³-hybridized carbons (Fsp3) is 0.296. The fourth-order valence-electron chi connectivity index (χ4n) is 4.06. The number of hydrogen-bond donors (Lipinski definition) is 3. The van der Waals surface area contributed by atoms with Crippen molar-refractivity contribution in [3.05, 3.63) is 87.7 Å². The van der Waals surface area contributed by atoms with Crippen LogP contribution >= 0.6 is 0 Å². The van der Waals surface area contributed by atoms with Gasteiger partial charge in [0.05, 0.1) is 23.3 Å². The van der Waals surface area contributed by atoms with Crippen LogP contribution in [-0.2, 0) is 18.8 Å². The number of hydrogen-bond acceptors (Lipinski definition) is 4. The van der Waals surface area contributed by atoms with Gasteiger partial charge in [-0.25, -0.2) is 4.98 Å². The lowest BCUT2D eigenvalue weighted by Gasteiger charge is -2.20. The Morgan fingerprint density at radius 1 is 0.897 bits per heavy atom. The third-order valence-electron chi connectivity index (χ3n) is 5.80. The number of carbonyl (C=O) groups excluding carboxylic acids is 2. The number of nitrogens with one attached hydrogen (secondary N) is 2. The summed E-state index contributed by atoms with van der Waals surface area (Å²) in [5.41, 5.74) is -2.76. The highest BCUT2D eigenvalue weighted by Gasteiger charge is 2.37. The summed E-state index contributed by atoms with van der Waals surface area (Å²) in [7, 11) is 0. The molecule has 0 saturated carbocycles. The van der Waals surface area contributed by atoms with Crippen molar-refractivity contribution in [2.45, 2.75) is 32.6 Å². The molecule has 3 rings (SSSR count). The number of halogens is 6. The molecule has 208 valence electrons. The molecule has 0 radical (unpaired) electrons. The van der Waals surface area contributed by atoms with E-state index >= 15 is 0 Å². The molecule has 0 atom stereocenters. The van der Waals surface area contributed by atoms with E-state index in [0.29, 0.717) is 17.7 Å². The van der Waals surface area contributed by atoms with Gasteiger partial charge in [0.25, 0.3) is 11.8 Å². The number of aromatic nitrogens is 1. The maximum absolute atomic E-state index is 13.4. The molecule has 0 aliphatic carbocycles. The number of rotatable bonds is 8. The van der Waals surface area contributed by atoms with Crippen molar-refractivity contribution in [1.82, 2.24) is 15.6 Å². The molecule has 2 aromatic carbocycles. The van der Waals surface area contributed by atoms with Gasteiger partial charge in [0.15, 0.2) is 0 Å². The van der Waals surface area contributed by atoms with Crippen molar-refractivity contribution in [2.24, 2.45) is 0 Å². The van der Waals surface area contributed by atoms with Gasteiger partial charge >= 0.3 is 12.4 Å². The molecule has 2 amide bonds. The largest absolute Gasteiger partial charge is 0.416 e.